The van der Waals surface area contributed by atoms with Crippen LogP contribution in [-0.2, 0) is 0 Å². The molecule has 0 saturated heterocycles. The summed E-state index contributed by atoms with van der Waals surface area (Å²) >= 11 is 0. The highest BCUT2D eigenvalue weighted by atomic mass is 16.6. The zero-order valence-electron chi connectivity index (χ0n) is 9.54. The molecule has 0 atom stereocenters. The summed E-state index contributed by atoms with van der Waals surface area (Å²) in [5, 5.41) is 33.1. The monoisotopic (exact) mass is 250 g/mol. The predicted octanol–water partition coefficient (Wildman–Crippen LogP) is 2.20. The Labute approximate surface area is 102 Å². The van der Waals surface area contributed by atoms with Gasteiger partial charge in [-0.15, -0.1) is 0 Å². The summed E-state index contributed by atoms with van der Waals surface area (Å²) in [5.74, 6) is 0. The van der Waals surface area contributed by atoms with E-state index in [0.717, 1.165) is 18.6 Å². The van der Waals surface area contributed by atoms with Crippen molar-refractivity contribution in [3.63, 3.8) is 0 Å². The van der Waals surface area contributed by atoms with E-state index >= 15 is 0 Å². The highest BCUT2D eigenvalue weighted by molar-refractivity contribution is 5.69. The number of nitrogens with zero attached hydrogens (tertiary/aromatic N) is 3. The summed E-state index contributed by atoms with van der Waals surface area (Å²) in [6, 6.07) is 3.71. The lowest BCUT2D eigenvalue weighted by Gasteiger charge is -2.06. The molecule has 0 unspecified atom stereocenters. The van der Waals surface area contributed by atoms with Gasteiger partial charge in [0.05, 0.1) is 21.1 Å². The molecule has 0 spiro atoms. The average molecular weight is 250 g/mol. The smallest absolute Gasteiger partial charge is 0.348 e. The van der Waals surface area contributed by atoms with Gasteiger partial charge in [0.15, 0.2) is 0 Å². The van der Waals surface area contributed by atoms with Gasteiger partial charge in [0.2, 0.25) is 0 Å². The number of nitro groups is 2. The van der Waals surface area contributed by atoms with Crippen LogP contribution in [0, 0.1) is 31.6 Å². The van der Waals surface area contributed by atoms with Crippen LogP contribution >= 0.6 is 0 Å². The van der Waals surface area contributed by atoms with Crippen LogP contribution in [0.5, 0.6) is 0 Å². The number of hydrogen-bond acceptors (Lipinski definition) is 6. The van der Waals surface area contributed by atoms with Gasteiger partial charge >= 0.3 is 11.4 Å². The van der Waals surface area contributed by atoms with Gasteiger partial charge in [-0.1, -0.05) is 6.92 Å². The first-order valence-electron chi connectivity index (χ1n) is 5.12. The predicted molar refractivity (Wildman–Crippen MR) is 63.2 cm³/mol. The van der Waals surface area contributed by atoms with Crippen molar-refractivity contribution < 1.29 is 9.85 Å². The summed E-state index contributed by atoms with van der Waals surface area (Å²) in [5.41, 5.74) is -1.06. The fraction of sp³-hybridized carbons (Fsp3) is 0.300. The summed E-state index contributed by atoms with van der Waals surface area (Å²) < 4.78 is 0. The Balaban J connectivity index is 3.38. The molecule has 8 nitrogen and oxygen atoms in total. The molecule has 1 aromatic carbocycles. The van der Waals surface area contributed by atoms with Crippen molar-refractivity contribution >= 4 is 17.1 Å². The fourth-order valence-electron chi connectivity index (χ4n) is 1.37. The Kier molecular flexibility index (Phi) is 4.15. The first-order chi connectivity index (χ1) is 8.51. The van der Waals surface area contributed by atoms with Crippen molar-refractivity contribution in [3.8, 4) is 6.07 Å². The maximum absolute atomic E-state index is 10.7. The summed E-state index contributed by atoms with van der Waals surface area (Å²) in [6.45, 7) is 2.41. The topological polar surface area (TPSA) is 122 Å². The van der Waals surface area contributed by atoms with Gasteiger partial charge in [0.25, 0.3) is 0 Å². The summed E-state index contributed by atoms with van der Waals surface area (Å²) in [4.78, 5) is 19.7. The van der Waals surface area contributed by atoms with Gasteiger partial charge in [0, 0.05) is 18.7 Å². The van der Waals surface area contributed by atoms with Crippen molar-refractivity contribution in [1.29, 1.82) is 5.26 Å². The zero-order valence-corrected chi connectivity index (χ0v) is 9.54. The van der Waals surface area contributed by atoms with Gasteiger partial charge in [-0.05, 0) is 6.42 Å². The van der Waals surface area contributed by atoms with E-state index in [1.165, 1.54) is 0 Å². The van der Waals surface area contributed by atoms with Crippen LogP contribution < -0.4 is 5.32 Å². The molecule has 18 heavy (non-hydrogen) atoms. The largest absolute Gasteiger partial charge is 0.384 e. The van der Waals surface area contributed by atoms with Gasteiger partial charge in [-0.3, -0.25) is 20.2 Å². The highest BCUT2D eigenvalue weighted by Gasteiger charge is 2.26. The van der Waals surface area contributed by atoms with Gasteiger partial charge in [-0.25, -0.2) is 0 Å². The Morgan fingerprint density at radius 3 is 2.28 bits per heavy atom. The second-order valence-corrected chi connectivity index (χ2v) is 3.44. The standard InChI is InChI=1S/C10H10N4O4/c1-2-3-12-8-5-10(14(17)18)9(13(15)16)4-7(8)6-11/h4-5,12H,2-3H2,1H3. The van der Waals surface area contributed by atoms with Gasteiger partial charge in [-0.2, -0.15) is 5.26 Å². The molecule has 0 aliphatic carbocycles. The van der Waals surface area contributed by atoms with Crippen molar-refractivity contribution in [2.24, 2.45) is 0 Å². The van der Waals surface area contributed by atoms with E-state index in [1.807, 2.05) is 6.92 Å². The molecular weight excluding hydrogens is 240 g/mol. The van der Waals surface area contributed by atoms with Crippen molar-refractivity contribution in [2.45, 2.75) is 13.3 Å². The number of nitriles is 1. The van der Waals surface area contributed by atoms with E-state index in [0.29, 0.717) is 6.54 Å². The molecule has 1 rings (SSSR count). The highest BCUT2D eigenvalue weighted by Crippen LogP contribution is 2.32. The Hall–Kier alpha value is -2.69. The van der Waals surface area contributed by atoms with Crippen molar-refractivity contribution in [3.05, 3.63) is 37.9 Å². The molecule has 0 aliphatic heterocycles. The number of rotatable bonds is 5. The van der Waals surface area contributed by atoms with Crippen molar-refractivity contribution in [2.75, 3.05) is 11.9 Å². The normalized spacial score (nSPS) is 9.56. The van der Waals surface area contributed by atoms with Crippen LogP contribution in [0.2, 0.25) is 0 Å². The maximum Gasteiger partial charge on any atom is 0.348 e. The molecule has 0 radical (unpaired) electrons. The lowest BCUT2D eigenvalue weighted by Crippen LogP contribution is -2.04. The quantitative estimate of drug-likeness (QED) is 0.631. The molecule has 0 aromatic heterocycles. The molecule has 0 bridgehead atoms. The Bertz CT molecular complexity index is 535. The molecule has 8 heteroatoms. The molecule has 1 aromatic rings. The number of benzene rings is 1. The van der Waals surface area contributed by atoms with E-state index in [-0.39, 0.29) is 11.3 Å². The molecule has 0 fully saturated rings. The number of nitro benzene ring substituents is 2. The Morgan fingerprint density at radius 1 is 1.28 bits per heavy atom. The summed E-state index contributed by atoms with van der Waals surface area (Å²) in [7, 11) is 0. The van der Waals surface area contributed by atoms with E-state index < -0.39 is 21.2 Å². The van der Waals surface area contributed by atoms with E-state index in [9.17, 15) is 20.2 Å². The average Bonchev–Trinajstić information content (AvgIpc) is 2.34. The minimum atomic E-state index is -0.872. The Morgan fingerprint density at radius 2 is 1.83 bits per heavy atom. The van der Waals surface area contributed by atoms with Crippen LogP contribution in [-0.4, -0.2) is 16.4 Å². The summed E-state index contributed by atoms with van der Waals surface area (Å²) in [6.07, 6.45) is 0.760. The van der Waals surface area contributed by atoms with Crippen LogP contribution in [0.1, 0.15) is 18.9 Å². The molecule has 0 heterocycles. The van der Waals surface area contributed by atoms with Crippen LogP contribution in [0.25, 0.3) is 0 Å². The number of nitrogens with one attached hydrogen (secondary N) is 1. The lowest BCUT2D eigenvalue weighted by molar-refractivity contribution is -0.422. The lowest BCUT2D eigenvalue weighted by atomic mass is 10.1. The van der Waals surface area contributed by atoms with E-state index in [2.05, 4.69) is 5.32 Å². The molecule has 0 amide bonds. The molecule has 94 valence electrons. The van der Waals surface area contributed by atoms with Crippen molar-refractivity contribution in [1.82, 2.24) is 0 Å². The van der Waals surface area contributed by atoms with Crippen LogP contribution in [0.15, 0.2) is 12.1 Å². The molecule has 0 aliphatic rings. The fourth-order valence-corrected chi connectivity index (χ4v) is 1.37. The van der Waals surface area contributed by atoms with Crippen LogP contribution in [0.3, 0.4) is 0 Å². The third-order valence-corrected chi connectivity index (χ3v) is 2.19. The minimum Gasteiger partial charge on any atom is -0.384 e. The van der Waals surface area contributed by atoms with Gasteiger partial charge < -0.3 is 5.32 Å². The molecule has 1 N–H and O–H groups in total. The molecule has 0 saturated carbocycles. The van der Waals surface area contributed by atoms with E-state index in [4.69, 9.17) is 5.26 Å². The van der Waals surface area contributed by atoms with E-state index in [1.54, 1.807) is 6.07 Å². The van der Waals surface area contributed by atoms with Crippen LogP contribution in [0.4, 0.5) is 17.1 Å². The first-order valence-corrected chi connectivity index (χ1v) is 5.12. The zero-order chi connectivity index (χ0) is 13.7. The number of anilines is 1. The minimum absolute atomic E-state index is 0.0146. The second-order valence-electron chi connectivity index (χ2n) is 3.44. The number of hydrogen-bond donors (Lipinski definition) is 1. The second kappa shape index (κ2) is 5.58. The SMILES string of the molecule is CCCNc1cc([N+](=O)[O-])c([N+](=O)[O-])cc1C#N. The third kappa shape index (κ3) is 2.70. The maximum atomic E-state index is 10.7. The molecular formula is C10H10N4O4. The third-order valence-electron chi connectivity index (χ3n) is 2.19. The first kappa shape index (κ1) is 13.4. The van der Waals surface area contributed by atoms with Gasteiger partial charge in [0.1, 0.15) is 6.07 Å².